The summed E-state index contributed by atoms with van der Waals surface area (Å²) < 4.78 is 0. The van der Waals surface area contributed by atoms with E-state index in [1.807, 2.05) is 0 Å². The van der Waals surface area contributed by atoms with Crippen LogP contribution in [-0.4, -0.2) is 13.1 Å². The summed E-state index contributed by atoms with van der Waals surface area (Å²) in [6, 6.07) is 0. The van der Waals surface area contributed by atoms with E-state index in [1.54, 1.807) is 0 Å². The third-order valence-corrected chi connectivity index (χ3v) is 1.44. The number of hydrogen-bond donors (Lipinski definition) is 1. The van der Waals surface area contributed by atoms with Gasteiger partial charge >= 0.3 is 0 Å². The molecule has 0 spiro atoms. The Hall–Kier alpha value is -0.0400. The molecule has 0 atom stereocenters. The van der Waals surface area contributed by atoms with Crippen LogP contribution in [0.3, 0.4) is 0 Å². The summed E-state index contributed by atoms with van der Waals surface area (Å²) in [4.78, 5) is 0. The van der Waals surface area contributed by atoms with Crippen LogP contribution >= 0.6 is 0 Å². The highest BCUT2D eigenvalue weighted by molar-refractivity contribution is 4.71. The summed E-state index contributed by atoms with van der Waals surface area (Å²) in [5.41, 5.74) is 0. The van der Waals surface area contributed by atoms with E-state index in [-0.39, 0.29) is 0 Å². The second-order valence-electron chi connectivity index (χ2n) is 1.93. The summed E-state index contributed by atoms with van der Waals surface area (Å²) in [5, 5.41) is 3.21. The molecule has 1 saturated heterocycles. The Kier molecular flexibility index (Phi) is 1.10. The molecule has 1 rings (SSSR count). The Morgan fingerprint density at radius 3 is 2.33 bits per heavy atom. The number of hydrogen-bond acceptors (Lipinski definition) is 1. The fourth-order valence-corrected chi connectivity index (χ4v) is 0.637. The molecule has 1 fully saturated rings. The minimum absolute atomic E-state index is 1.00. The molecular weight excluding hydrogens is 74.1 g/mol. The molecule has 1 aliphatic rings. The van der Waals surface area contributed by atoms with Gasteiger partial charge in [-0.25, -0.2) is 0 Å². The average molecular weight is 85.1 g/mol. The highest BCUT2D eigenvalue weighted by atomic mass is 14.9. The van der Waals surface area contributed by atoms with Gasteiger partial charge < -0.3 is 5.32 Å². The minimum Gasteiger partial charge on any atom is -0.316 e. The second kappa shape index (κ2) is 1.61. The van der Waals surface area contributed by atoms with Crippen molar-refractivity contribution in [2.75, 3.05) is 13.1 Å². The first-order valence-corrected chi connectivity index (χ1v) is 2.64. The molecule has 1 heteroatoms. The fourth-order valence-electron chi connectivity index (χ4n) is 0.637. The summed E-state index contributed by atoms with van der Waals surface area (Å²) >= 11 is 0. The fraction of sp³-hybridized carbons (Fsp3) is 1.00. The maximum Gasteiger partial charge on any atom is -0.000836 e. The van der Waals surface area contributed by atoms with Gasteiger partial charge in [0.1, 0.15) is 0 Å². The lowest BCUT2D eigenvalue weighted by molar-refractivity contribution is 0.339. The molecule has 0 aromatic rings. The van der Waals surface area contributed by atoms with E-state index in [0.29, 0.717) is 0 Å². The van der Waals surface area contributed by atoms with Gasteiger partial charge in [0.05, 0.1) is 0 Å². The molecule has 36 valence electrons. The van der Waals surface area contributed by atoms with Gasteiger partial charge in [0.2, 0.25) is 0 Å². The molecule has 0 amide bonds. The summed E-state index contributed by atoms with van der Waals surface area (Å²) in [6.45, 7) is 4.76. The maximum absolute atomic E-state index is 3.21. The van der Waals surface area contributed by atoms with Crippen LogP contribution in [0.5, 0.6) is 0 Å². The molecule has 1 nitrogen and oxygen atoms in total. The van der Waals surface area contributed by atoms with E-state index in [2.05, 4.69) is 12.2 Å². The van der Waals surface area contributed by atoms with Crippen molar-refractivity contribution in [2.24, 2.45) is 5.92 Å². The van der Waals surface area contributed by atoms with Crippen molar-refractivity contribution >= 4 is 0 Å². The van der Waals surface area contributed by atoms with Crippen LogP contribution in [0.4, 0.5) is 0 Å². The summed E-state index contributed by atoms with van der Waals surface area (Å²) in [6.07, 6.45) is 1.35. The van der Waals surface area contributed by atoms with Gasteiger partial charge in [0.15, 0.2) is 0 Å². The zero-order chi connectivity index (χ0) is 4.41. The average Bonchev–Trinajstić information content (AvgIpc) is 1.31. The van der Waals surface area contributed by atoms with Crippen molar-refractivity contribution in [1.82, 2.24) is 5.32 Å². The molecule has 1 heterocycles. The topological polar surface area (TPSA) is 12.0 Å². The molecule has 0 aromatic heterocycles. The first-order chi connectivity index (χ1) is 2.93. The van der Waals surface area contributed by atoms with Crippen LogP contribution in [-0.2, 0) is 0 Å². The molecule has 0 unspecified atom stereocenters. The van der Waals surface area contributed by atoms with Gasteiger partial charge in [-0.1, -0.05) is 13.3 Å². The smallest absolute Gasteiger partial charge is 0.000836 e. The van der Waals surface area contributed by atoms with Gasteiger partial charge in [0, 0.05) is 0 Å². The third kappa shape index (κ3) is 0.548. The Morgan fingerprint density at radius 2 is 2.33 bits per heavy atom. The molecule has 0 radical (unpaired) electrons. The van der Waals surface area contributed by atoms with Crippen LogP contribution in [0.15, 0.2) is 0 Å². The maximum atomic E-state index is 3.21. The molecule has 0 aromatic carbocycles. The first-order valence-electron chi connectivity index (χ1n) is 2.64. The standard InChI is InChI=1S/C5H11N/c1-2-5-3-6-4-5/h5-6H,2-4H2,1H3. The van der Waals surface area contributed by atoms with Gasteiger partial charge in [0.25, 0.3) is 0 Å². The molecule has 6 heavy (non-hydrogen) atoms. The lowest BCUT2D eigenvalue weighted by Gasteiger charge is -2.25. The summed E-state index contributed by atoms with van der Waals surface area (Å²) in [5.74, 6) is 1.00. The van der Waals surface area contributed by atoms with Gasteiger partial charge in [-0.15, -0.1) is 0 Å². The van der Waals surface area contributed by atoms with Crippen LogP contribution in [0.25, 0.3) is 0 Å². The minimum atomic E-state index is 1.00. The predicted molar refractivity (Wildman–Crippen MR) is 26.7 cm³/mol. The Labute approximate surface area is 38.7 Å². The quantitative estimate of drug-likeness (QED) is 0.492. The van der Waals surface area contributed by atoms with Crippen molar-refractivity contribution in [3.8, 4) is 0 Å². The largest absolute Gasteiger partial charge is 0.316 e. The Morgan fingerprint density at radius 1 is 1.67 bits per heavy atom. The normalized spacial score (nSPS) is 23.5. The number of rotatable bonds is 1. The van der Waals surface area contributed by atoms with Crippen LogP contribution in [0.1, 0.15) is 13.3 Å². The zero-order valence-corrected chi connectivity index (χ0v) is 4.20. The summed E-state index contributed by atoms with van der Waals surface area (Å²) in [7, 11) is 0. The highest BCUT2D eigenvalue weighted by Crippen LogP contribution is 2.05. The van der Waals surface area contributed by atoms with Crippen molar-refractivity contribution in [3.05, 3.63) is 0 Å². The van der Waals surface area contributed by atoms with Crippen molar-refractivity contribution < 1.29 is 0 Å². The molecular formula is C5H11N. The second-order valence-corrected chi connectivity index (χ2v) is 1.93. The molecule has 0 aliphatic carbocycles. The highest BCUT2D eigenvalue weighted by Gasteiger charge is 2.12. The molecule has 1 N–H and O–H groups in total. The van der Waals surface area contributed by atoms with Crippen molar-refractivity contribution in [1.29, 1.82) is 0 Å². The molecule has 0 bridgehead atoms. The van der Waals surface area contributed by atoms with E-state index in [4.69, 9.17) is 0 Å². The van der Waals surface area contributed by atoms with E-state index in [9.17, 15) is 0 Å². The molecule has 0 saturated carbocycles. The van der Waals surface area contributed by atoms with E-state index < -0.39 is 0 Å². The van der Waals surface area contributed by atoms with Gasteiger partial charge in [-0.3, -0.25) is 0 Å². The Balaban J connectivity index is 2.01. The SMILES string of the molecule is CCC1CNC1. The third-order valence-electron chi connectivity index (χ3n) is 1.44. The lowest BCUT2D eigenvalue weighted by atomic mass is 10.0. The Bertz CT molecular complexity index is 36.4. The molecule has 1 aliphatic heterocycles. The van der Waals surface area contributed by atoms with Crippen molar-refractivity contribution in [3.63, 3.8) is 0 Å². The van der Waals surface area contributed by atoms with Gasteiger partial charge in [-0.2, -0.15) is 0 Å². The van der Waals surface area contributed by atoms with E-state index in [0.717, 1.165) is 5.92 Å². The van der Waals surface area contributed by atoms with Crippen molar-refractivity contribution in [2.45, 2.75) is 13.3 Å². The van der Waals surface area contributed by atoms with Gasteiger partial charge in [-0.05, 0) is 19.0 Å². The monoisotopic (exact) mass is 85.1 g/mol. The number of nitrogens with one attached hydrogen (secondary N) is 1. The van der Waals surface area contributed by atoms with Crippen LogP contribution < -0.4 is 5.32 Å². The zero-order valence-electron chi connectivity index (χ0n) is 4.20. The van der Waals surface area contributed by atoms with Crippen LogP contribution in [0.2, 0.25) is 0 Å². The first kappa shape index (κ1) is 4.13. The van der Waals surface area contributed by atoms with E-state index in [1.165, 1.54) is 19.5 Å². The predicted octanol–water partition coefficient (Wildman–Crippen LogP) is 0.616. The lowest BCUT2D eigenvalue weighted by Crippen LogP contribution is -2.41. The van der Waals surface area contributed by atoms with Crippen LogP contribution in [0, 0.1) is 5.92 Å². The van der Waals surface area contributed by atoms with E-state index >= 15 is 0 Å².